The van der Waals surface area contributed by atoms with Crippen LogP contribution in [0, 0.1) is 6.92 Å². The third-order valence-corrected chi connectivity index (χ3v) is 3.17. The van der Waals surface area contributed by atoms with Gasteiger partial charge in [0.15, 0.2) is 0 Å². The van der Waals surface area contributed by atoms with Gasteiger partial charge >= 0.3 is 0 Å². The van der Waals surface area contributed by atoms with Gasteiger partial charge in [-0.3, -0.25) is 4.79 Å². The summed E-state index contributed by atoms with van der Waals surface area (Å²) in [5.41, 5.74) is 13.0. The molecule has 0 aromatic carbocycles. The molecule has 92 valence electrons. The minimum Gasteiger partial charge on any atom is -0.368 e. The normalized spacial score (nSPS) is 19.6. The lowest BCUT2D eigenvalue weighted by Gasteiger charge is -2.25. The smallest absolute Gasteiger partial charge is 0.240 e. The summed E-state index contributed by atoms with van der Waals surface area (Å²) in [4.78, 5) is 17.9. The molecule has 1 atom stereocenters. The van der Waals surface area contributed by atoms with Crippen LogP contribution in [-0.4, -0.2) is 23.5 Å². The van der Waals surface area contributed by atoms with Gasteiger partial charge in [-0.25, -0.2) is 4.98 Å². The van der Waals surface area contributed by atoms with Gasteiger partial charge in [0.2, 0.25) is 5.91 Å². The van der Waals surface area contributed by atoms with Gasteiger partial charge < -0.3 is 16.4 Å². The molecule has 1 aliphatic heterocycles. The Kier molecular flexibility index (Phi) is 3.28. The number of aryl methyl sites for hydroxylation is 1. The Hall–Kier alpha value is -1.62. The lowest BCUT2D eigenvalue weighted by atomic mass is 10.2. The molecule has 2 heterocycles. The molecule has 1 unspecified atom stereocenters. The lowest BCUT2D eigenvalue weighted by molar-refractivity contribution is -0.119. The van der Waals surface area contributed by atoms with Crippen molar-refractivity contribution in [3.05, 3.63) is 23.4 Å². The van der Waals surface area contributed by atoms with Crippen LogP contribution in [0.4, 0.5) is 5.82 Å². The number of nitrogens with zero attached hydrogens (tertiary/aromatic N) is 2. The van der Waals surface area contributed by atoms with Crippen molar-refractivity contribution in [3.63, 3.8) is 0 Å². The zero-order chi connectivity index (χ0) is 12.4. The summed E-state index contributed by atoms with van der Waals surface area (Å²) in [5, 5.41) is 0. The molecule has 2 rings (SSSR count). The van der Waals surface area contributed by atoms with Crippen LogP contribution in [0.25, 0.3) is 0 Å². The average Bonchev–Trinajstić information content (AvgIpc) is 2.77. The first-order valence-corrected chi connectivity index (χ1v) is 5.86. The monoisotopic (exact) mass is 234 g/mol. The topological polar surface area (TPSA) is 85.2 Å². The number of primary amides is 1. The number of aromatic nitrogens is 1. The first-order valence-electron chi connectivity index (χ1n) is 5.86. The van der Waals surface area contributed by atoms with E-state index >= 15 is 0 Å². The molecule has 17 heavy (non-hydrogen) atoms. The molecular formula is C12H18N4O. The van der Waals surface area contributed by atoms with E-state index in [1.165, 1.54) is 0 Å². The van der Waals surface area contributed by atoms with Gasteiger partial charge in [0.1, 0.15) is 11.9 Å². The van der Waals surface area contributed by atoms with Gasteiger partial charge in [0.05, 0.1) is 0 Å². The second-order valence-corrected chi connectivity index (χ2v) is 4.39. The molecule has 1 aliphatic rings. The Bertz CT molecular complexity index is 433. The van der Waals surface area contributed by atoms with Gasteiger partial charge in [-0.05, 0) is 25.8 Å². The van der Waals surface area contributed by atoms with E-state index < -0.39 is 0 Å². The van der Waals surface area contributed by atoms with Crippen LogP contribution in [0.1, 0.15) is 24.1 Å². The molecule has 0 spiro atoms. The van der Waals surface area contributed by atoms with Crippen LogP contribution in [0.2, 0.25) is 0 Å². The van der Waals surface area contributed by atoms with Crippen LogP contribution in [-0.2, 0) is 11.3 Å². The Labute approximate surface area is 101 Å². The molecule has 0 saturated carbocycles. The fourth-order valence-electron chi connectivity index (χ4n) is 2.30. The summed E-state index contributed by atoms with van der Waals surface area (Å²) in [6.45, 7) is 3.17. The van der Waals surface area contributed by atoms with Crippen molar-refractivity contribution in [2.24, 2.45) is 11.5 Å². The number of hydrogen-bond acceptors (Lipinski definition) is 4. The minimum absolute atomic E-state index is 0.241. The van der Waals surface area contributed by atoms with Crippen LogP contribution in [0.5, 0.6) is 0 Å². The van der Waals surface area contributed by atoms with Crippen molar-refractivity contribution in [3.8, 4) is 0 Å². The molecule has 1 aromatic rings. The Morgan fingerprint density at radius 1 is 1.59 bits per heavy atom. The highest BCUT2D eigenvalue weighted by atomic mass is 16.1. The van der Waals surface area contributed by atoms with E-state index in [0.717, 1.165) is 36.5 Å². The Balaban J connectivity index is 2.38. The first kappa shape index (κ1) is 11.9. The van der Waals surface area contributed by atoms with Crippen molar-refractivity contribution in [1.29, 1.82) is 0 Å². The molecule has 5 heteroatoms. The molecule has 0 radical (unpaired) electrons. The maximum absolute atomic E-state index is 11.4. The third kappa shape index (κ3) is 2.24. The predicted molar refractivity (Wildman–Crippen MR) is 66.4 cm³/mol. The number of anilines is 1. The molecule has 0 bridgehead atoms. The molecule has 1 amide bonds. The van der Waals surface area contributed by atoms with E-state index in [2.05, 4.69) is 4.98 Å². The van der Waals surface area contributed by atoms with Gasteiger partial charge in [-0.15, -0.1) is 0 Å². The Morgan fingerprint density at radius 2 is 2.35 bits per heavy atom. The van der Waals surface area contributed by atoms with Crippen molar-refractivity contribution in [2.45, 2.75) is 32.4 Å². The zero-order valence-electron chi connectivity index (χ0n) is 10.0. The van der Waals surface area contributed by atoms with E-state index in [-0.39, 0.29) is 11.9 Å². The van der Waals surface area contributed by atoms with Crippen LogP contribution < -0.4 is 16.4 Å². The number of carbonyl (C=O) groups is 1. The van der Waals surface area contributed by atoms with Crippen molar-refractivity contribution >= 4 is 11.7 Å². The summed E-state index contributed by atoms with van der Waals surface area (Å²) in [6, 6.07) is 3.66. The summed E-state index contributed by atoms with van der Waals surface area (Å²) in [5.74, 6) is 0.530. The number of rotatable bonds is 3. The standard InChI is InChI=1S/C12H18N4O/c1-8-4-5-9(7-13)12(15-8)16-6-2-3-10(16)11(14)17/h4-5,10H,2-3,6-7,13H2,1H3,(H2,14,17). The quantitative estimate of drug-likeness (QED) is 0.787. The summed E-state index contributed by atoms with van der Waals surface area (Å²) in [7, 11) is 0. The van der Waals surface area contributed by atoms with Crippen LogP contribution in [0.15, 0.2) is 12.1 Å². The summed E-state index contributed by atoms with van der Waals surface area (Å²) >= 11 is 0. The van der Waals surface area contributed by atoms with Gasteiger partial charge in [0.25, 0.3) is 0 Å². The molecular weight excluding hydrogens is 216 g/mol. The van der Waals surface area contributed by atoms with Gasteiger partial charge in [0, 0.05) is 24.3 Å². The highest BCUT2D eigenvalue weighted by Crippen LogP contribution is 2.27. The number of hydrogen-bond donors (Lipinski definition) is 2. The SMILES string of the molecule is Cc1ccc(CN)c(N2CCCC2C(N)=O)n1. The molecule has 4 N–H and O–H groups in total. The third-order valence-electron chi connectivity index (χ3n) is 3.17. The van der Waals surface area contributed by atoms with E-state index in [1.807, 2.05) is 24.0 Å². The number of pyridine rings is 1. The van der Waals surface area contributed by atoms with E-state index in [9.17, 15) is 4.79 Å². The maximum atomic E-state index is 11.4. The summed E-state index contributed by atoms with van der Waals surface area (Å²) < 4.78 is 0. The predicted octanol–water partition coefficient (Wildman–Crippen LogP) is 0.303. The van der Waals surface area contributed by atoms with Crippen LogP contribution in [0.3, 0.4) is 0 Å². The van der Waals surface area contributed by atoms with Gasteiger partial charge in [-0.1, -0.05) is 6.07 Å². The Morgan fingerprint density at radius 3 is 3.00 bits per heavy atom. The van der Waals surface area contributed by atoms with E-state index in [1.54, 1.807) is 0 Å². The fraction of sp³-hybridized carbons (Fsp3) is 0.500. The highest BCUT2D eigenvalue weighted by Gasteiger charge is 2.31. The largest absolute Gasteiger partial charge is 0.368 e. The molecule has 1 aromatic heterocycles. The molecule has 1 fully saturated rings. The number of amides is 1. The van der Waals surface area contributed by atoms with E-state index in [4.69, 9.17) is 11.5 Å². The fourth-order valence-corrected chi connectivity index (χ4v) is 2.30. The molecule has 0 aliphatic carbocycles. The molecule has 5 nitrogen and oxygen atoms in total. The average molecular weight is 234 g/mol. The lowest BCUT2D eigenvalue weighted by Crippen LogP contribution is -2.41. The zero-order valence-corrected chi connectivity index (χ0v) is 10.0. The minimum atomic E-state index is -0.284. The van der Waals surface area contributed by atoms with Gasteiger partial charge in [-0.2, -0.15) is 0 Å². The maximum Gasteiger partial charge on any atom is 0.240 e. The van der Waals surface area contributed by atoms with Crippen molar-refractivity contribution < 1.29 is 4.79 Å². The summed E-state index contributed by atoms with van der Waals surface area (Å²) in [6.07, 6.45) is 1.77. The second-order valence-electron chi connectivity index (χ2n) is 4.39. The first-order chi connectivity index (χ1) is 8.13. The van der Waals surface area contributed by atoms with Crippen molar-refractivity contribution in [1.82, 2.24) is 4.98 Å². The van der Waals surface area contributed by atoms with E-state index in [0.29, 0.717) is 6.54 Å². The number of nitrogens with two attached hydrogens (primary N) is 2. The van der Waals surface area contributed by atoms with Crippen LogP contribution >= 0.6 is 0 Å². The van der Waals surface area contributed by atoms with Crippen molar-refractivity contribution in [2.75, 3.05) is 11.4 Å². The highest BCUT2D eigenvalue weighted by molar-refractivity contribution is 5.84. The number of carbonyl (C=O) groups excluding carboxylic acids is 1. The molecule has 1 saturated heterocycles. The second kappa shape index (κ2) is 4.71.